The molecule has 1 aliphatic heterocycles. The Morgan fingerprint density at radius 1 is 1.25 bits per heavy atom. The van der Waals surface area contributed by atoms with Gasteiger partial charge in [-0.25, -0.2) is 0 Å². The Labute approximate surface area is 119 Å². The van der Waals surface area contributed by atoms with Crippen molar-refractivity contribution in [1.82, 2.24) is 4.98 Å². The molecule has 3 rings (SSSR count). The van der Waals surface area contributed by atoms with E-state index >= 15 is 0 Å². The number of anilines is 1. The van der Waals surface area contributed by atoms with E-state index in [4.69, 9.17) is 0 Å². The van der Waals surface area contributed by atoms with Gasteiger partial charge in [0.2, 0.25) is 5.91 Å². The minimum atomic E-state index is 0.230. The van der Waals surface area contributed by atoms with Gasteiger partial charge in [-0.05, 0) is 48.6 Å². The molecule has 0 radical (unpaired) electrons. The van der Waals surface area contributed by atoms with Crippen LogP contribution in [0.2, 0.25) is 0 Å². The summed E-state index contributed by atoms with van der Waals surface area (Å²) in [4.78, 5) is 18.2. The fourth-order valence-corrected chi connectivity index (χ4v) is 2.82. The van der Waals surface area contributed by atoms with Crippen LogP contribution < -0.4 is 4.90 Å². The van der Waals surface area contributed by atoms with E-state index in [-0.39, 0.29) is 5.91 Å². The molecule has 1 amide bonds. The summed E-state index contributed by atoms with van der Waals surface area (Å²) in [7, 11) is 0. The van der Waals surface area contributed by atoms with Crippen LogP contribution in [0.4, 0.5) is 5.69 Å². The SMILES string of the molecule is Cc1cnccc1C[C@H]1CC(=O)N(c2ccccc2)C1. The number of para-hydroxylation sites is 1. The van der Waals surface area contributed by atoms with Crippen LogP contribution in [0.15, 0.2) is 48.8 Å². The van der Waals surface area contributed by atoms with Crippen LogP contribution in [0.5, 0.6) is 0 Å². The zero-order valence-corrected chi connectivity index (χ0v) is 11.6. The van der Waals surface area contributed by atoms with Crippen molar-refractivity contribution in [3.63, 3.8) is 0 Å². The number of carbonyl (C=O) groups excluding carboxylic acids is 1. The normalized spacial score (nSPS) is 18.6. The van der Waals surface area contributed by atoms with Gasteiger partial charge in [-0.3, -0.25) is 9.78 Å². The molecular formula is C17H18N2O. The van der Waals surface area contributed by atoms with Gasteiger partial charge < -0.3 is 4.90 Å². The number of pyridine rings is 1. The average Bonchev–Trinajstić information content (AvgIpc) is 2.83. The third kappa shape index (κ3) is 2.57. The number of hydrogen-bond acceptors (Lipinski definition) is 2. The van der Waals surface area contributed by atoms with Gasteiger partial charge in [0.1, 0.15) is 0 Å². The third-order valence-corrected chi connectivity index (χ3v) is 3.92. The number of carbonyl (C=O) groups is 1. The standard InChI is InChI=1S/C17H18N2O/c1-13-11-18-8-7-15(13)9-14-10-17(20)19(12-14)16-5-3-2-4-6-16/h2-8,11,14H,9-10,12H2,1H3/t14-/m0/s1. The molecule has 0 saturated carbocycles. The van der Waals surface area contributed by atoms with Crippen LogP contribution in [0.3, 0.4) is 0 Å². The molecule has 1 aromatic heterocycles. The second-order valence-corrected chi connectivity index (χ2v) is 5.42. The van der Waals surface area contributed by atoms with Gasteiger partial charge in [0.05, 0.1) is 0 Å². The van der Waals surface area contributed by atoms with E-state index in [1.807, 2.05) is 47.6 Å². The highest BCUT2D eigenvalue weighted by Gasteiger charge is 2.30. The Balaban J connectivity index is 1.73. The Hall–Kier alpha value is -2.16. The van der Waals surface area contributed by atoms with Gasteiger partial charge in [0.25, 0.3) is 0 Å². The Bertz CT molecular complexity index is 609. The second-order valence-electron chi connectivity index (χ2n) is 5.42. The van der Waals surface area contributed by atoms with Crippen molar-refractivity contribution in [3.05, 3.63) is 59.9 Å². The summed E-state index contributed by atoms with van der Waals surface area (Å²) >= 11 is 0. The molecule has 1 fully saturated rings. The van der Waals surface area contributed by atoms with E-state index < -0.39 is 0 Å². The van der Waals surface area contributed by atoms with E-state index in [2.05, 4.69) is 18.0 Å². The molecule has 1 atom stereocenters. The molecule has 3 heteroatoms. The van der Waals surface area contributed by atoms with E-state index in [0.29, 0.717) is 12.3 Å². The zero-order chi connectivity index (χ0) is 13.9. The van der Waals surface area contributed by atoms with Gasteiger partial charge in [-0.15, -0.1) is 0 Å². The molecule has 1 saturated heterocycles. The molecule has 2 heterocycles. The first-order valence-electron chi connectivity index (χ1n) is 6.99. The molecule has 0 bridgehead atoms. The number of benzene rings is 1. The molecule has 0 aliphatic carbocycles. The van der Waals surface area contributed by atoms with Crippen molar-refractivity contribution in [1.29, 1.82) is 0 Å². The topological polar surface area (TPSA) is 33.2 Å². The lowest BCUT2D eigenvalue weighted by molar-refractivity contribution is -0.117. The first kappa shape index (κ1) is 12.9. The molecular weight excluding hydrogens is 248 g/mol. The fraction of sp³-hybridized carbons (Fsp3) is 0.294. The fourth-order valence-electron chi connectivity index (χ4n) is 2.82. The van der Waals surface area contributed by atoms with Crippen LogP contribution in [0.25, 0.3) is 0 Å². The number of aromatic nitrogens is 1. The maximum Gasteiger partial charge on any atom is 0.227 e. The lowest BCUT2D eigenvalue weighted by atomic mass is 9.97. The largest absolute Gasteiger partial charge is 0.312 e. The zero-order valence-electron chi connectivity index (χ0n) is 11.6. The summed E-state index contributed by atoms with van der Waals surface area (Å²) in [6.45, 7) is 2.89. The van der Waals surface area contributed by atoms with Crippen LogP contribution in [-0.4, -0.2) is 17.4 Å². The van der Waals surface area contributed by atoms with Crippen molar-refractivity contribution < 1.29 is 4.79 Å². The van der Waals surface area contributed by atoms with Crippen LogP contribution >= 0.6 is 0 Å². The summed E-state index contributed by atoms with van der Waals surface area (Å²) in [5.41, 5.74) is 3.51. The highest BCUT2D eigenvalue weighted by Crippen LogP contribution is 2.27. The number of nitrogens with zero attached hydrogens (tertiary/aromatic N) is 2. The average molecular weight is 266 g/mol. The predicted molar refractivity (Wildman–Crippen MR) is 79.6 cm³/mol. The third-order valence-electron chi connectivity index (χ3n) is 3.92. The Morgan fingerprint density at radius 2 is 2.05 bits per heavy atom. The first-order valence-corrected chi connectivity index (χ1v) is 6.99. The van der Waals surface area contributed by atoms with Gasteiger partial charge in [-0.2, -0.15) is 0 Å². The van der Waals surface area contributed by atoms with Crippen molar-refractivity contribution in [3.8, 4) is 0 Å². The van der Waals surface area contributed by atoms with Crippen LogP contribution in [0, 0.1) is 12.8 Å². The maximum absolute atomic E-state index is 12.2. The van der Waals surface area contributed by atoms with Crippen molar-refractivity contribution in [2.75, 3.05) is 11.4 Å². The minimum Gasteiger partial charge on any atom is -0.312 e. The van der Waals surface area contributed by atoms with Crippen molar-refractivity contribution >= 4 is 11.6 Å². The molecule has 0 unspecified atom stereocenters. The molecule has 0 spiro atoms. The highest BCUT2D eigenvalue weighted by atomic mass is 16.2. The van der Waals surface area contributed by atoms with Crippen molar-refractivity contribution in [2.24, 2.45) is 5.92 Å². The minimum absolute atomic E-state index is 0.230. The number of amides is 1. The summed E-state index contributed by atoms with van der Waals surface area (Å²) < 4.78 is 0. The second kappa shape index (κ2) is 5.45. The number of aryl methyl sites for hydroxylation is 1. The summed E-state index contributed by atoms with van der Waals surface area (Å²) in [5, 5.41) is 0. The highest BCUT2D eigenvalue weighted by molar-refractivity contribution is 5.95. The molecule has 1 aromatic carbocycles. The molecule has 2 aromatic rings. The lowest BCUT2D eigenvalue weighted by Gasteiger charge is -2.17. The number of rotatable bonds is 3. The molecule has 1 aliphatic rings. The summed E-state index contributed by atoms with van der Waals surface area (Å²) in [5.74, 6) is 0.622. The van der Waals surface area contributed by atoms with E-state index in [1.165, 1.54) is 11.1 Å². The quantitative estimate of drug-likeness (QED) is 0.855. The van der Waals surface area contributed by atoms with Crippen molar-refractivity contribution in [2.45, 2.75) is 19.8 Å². The van der Waals surface area contributed by atoms with E-state index in [1.54, 1.807) is 0 Å². The molecule has 0 N–H and O–H groups in total. The predicted octanol–water partition coefficient (Wildman–Crippen LogP) is 2.99. The Morgan fingerprint density at radius 3 is 2.80 bits per heavy atom. The van der Waals surface area contributed by atoms with Gasteiger partial charge >= 0.3 is 0 Å². The van der Waals surface area contributed by atoms with Crippen LogP contribution in [-0.2, 0) is 11.2 Å². The molecule has 3 nitrogen and oxygen atoms in total. The number of hydrogen-bond donors (Lipinski definition) is 0. The van der Waals surface area contributed by atoms with Gasteiger partial charge in [-0.1, -0.05) is 18.2 Å². The lowest BCUT2D eigenvalue weighted by Crippen LogP contribution is -2.24. The van der Waals surface area contributed by atoms with Gasteiger partial charge in [0.15, 0.2) is 0 Å². The van der Waals surface area contributed by atoms with E-state index in [9.17, 15) is 4.79 Å². The first-order chi connectivity index (χ1) is 9.74. The molecule has 20 heavy (non-hydrogen) atoms. The maximum atomic E-state index is 12.2. The van der Waals surface area contributed by atoms with Crippen LogP contribution in [0.1, 0.15) is 17.5 Å². The monoisotopic (exact) mass is 266 g/mol. The summed E-state index contributed by atoms with van der Waals surface area (Å²) in [6, 6.07) is 12.0. The summed E-state index contributed by atoms with van der Waals surface area (Å²) in [6.07, 6.45) is 5.30. The van der Waals surface area contributed by atoms with E-state index in [0.717, 1.165) is 18.7 Å². The Kier molecular flexibility index (Phi) is 3.50. The van der Waals surface area contributed by atoms with Gasteiger partial charge in [0, 0.05) is 31.0 Å². The molecule has 102 valence electrons. The smallest absolute Gasteiger partial charge is 0.227 e.